The average molecular weight is 502 g/mol. The van der Waals surface area contributed by atoms with Gasteiger partial charge in [-0.25, -0.2) is 0 Å². The molecule has 0 radical (unpaired) electrons. The maximum Gasteiger partial charge on any atom is 0.244 e. The lowest BCUT2D eigenvalue weighted by molar-refractivity contribution is -0.133. The summed E-state index contributed by atoms with van der Waals surface area (Å²) in [5, 5.41) is 20.0. The second-order valence-electron chi connectivity index (χ2n) is 8.99. The molecular weight excluding hydrogens is 474 g/mol. The molecule has 0 N–H and O–H groups in total. The first-order valence-electron chi connectivity index (χ1n) is 12.1. The number of nitrogens with zero attached hydrogens (tertiary/aromatic N) is 5. The number of aliphatic imine (C=N–C) groups is 1. The summed E-state index contributed by atoms with van der Waals surface area (Å²) in [6.07, 6.45) is 1.64. The van der Waals surface area contributed by atoms with E-state index in [1.54, 1.807) is 6.07 Å². The van der Waals surface area contributed by atoms with Crippen molar-refractivity contribution < 1.29 is 14.3 Å². The number of amides is 1. The lowest BCUT2D eigenvalue weighted by Crippen LogP contribution is -2.41. The molecule has 1 aliphatic heterocycles. The molecule has 0 spiro atoms. The van der Waals surface area contributed by atoms with Crippen LogP contribution < -0.4 is 4.74 Å². The Hall–Kier alpha value is -3.61. The zero-order chi connectivity index (χ0) is 25.1. The first-order chi connectivity index (χ1) is 17.5. The molecule has 5 rings (SSSR count). The van der Waals surface area contributed by atoms with E-state index < -0.39 is 0 Å². The van der Waals surface area contributed by atoms with E-state index in [1.165, 1.54) is 16.9 Å². The highest BCUT2D eigenvalue weighted by atomic mass is 32.1. The van der Waals surface area contributed by atoms with E-state index >= 15 is 0 Å². The first-order valence-corrected chi connectivity index (χ1v) is 12.9. The fourth-order valence-corrected chi connectivity index (χ4v) is 5.39. The minimum Gasteiger partial charge on any atom is -0.490 e. The normalized spacial score (nSPS) is 16.3. The molecule has 1 fully saturated rings. The summed E-state index contributed by atoms with van der Waals surface area (Å²) < 4.78 is 11.1. The van der Waals surface area contributed by atoms with Crippen molar-refractivity contribution in [1.82, 2.24) is 15.1 Å². The number of hydrogen-bond donors (Lipinski definition) is 0. The molecule has 3 aromatic rings. The Morgan fingerprint density at radius 1 is 1.17 bits per heavy atom. The van der Waals surface area contributed by atoms with Gasteiger partial charge in [0.15, 0.2) is 0 Å². The molecule has 1 aliphatic carbocycles. The maximum atomic E-state index is 12.5. The van der Waals surface area contributed by atoms with Crippen molar-refractivity contribution in [1.29, 1.82) is 5.26 Å². The molecule has 9 heteroatoms. The van der Waals surface area contributed by atoms with Gasteiger partial charge in [0.1, 0.15) is 28.4 Å². The minimum absolute atomic E-state index is 0.0119. The van der Waals surface area contributed by atoms with Crippen LogP contribution >= 0.6 is 11.3 Å². The van der Waals surface area contributed by atoms with Gasteiger partial charge in [0.2, 0.25) is 5.91 Å². The molecule has 2 heterocycles. The van der Waals surface area contributed by atoms with Crippen LogP contribution in [0.3, 0.4) is 0 Å². The van der Waals surface area contributed by atoms with E-state index in [2.05, 4.69) is 33.4 Å². The van der Waals surface area contributed by atoms with Crippen LogP contribution in [0, 0.1) is 11.3 Å². The lowest BCUT2D eigenvalue weighted by Gasteiger charge is -2.26. The predicted octanol–water partition coefficient (Wildman–Crippen LogP) is 4.13. The summed E-state index contributed by atoms with van der Waals surface area (Å²) in [6.45, 7) is 6.48. The van der Waals surface area contributed by atoms with E-state index in [9.17, 15) is 10.1 Å². The number of morpholine rings is 1. The van der Waals surface area contributed by atoms with Crippen LogP contribution in [0.2, 0.25) is 0 Å². The zero-order valence-electron chi connectivity index (χ0n) is 20.4. The predicted molar refractivity (Wildman–Crippen MR) is 138 cm³/mol. The van der Waals surface area contributed by atoms with E-state index in [1.807, 2.05) is 36.9 Å². The Morgan fingerprint density at radius 3 is 2.72 bits per heavy atom. The summed E-state index contributed by atoms with van der Waals surface area (Å²) >= 11 is 1.50. The van der Waals surface area contributed by atoms with Gasteiger partial charge >= 0.3 is 0 Å². The highest BCUT2D eigenvalue weighted by Gasteiger charge is 2.24. The molecule has 2 aliphatic rings. The molecule has 2 aromatic carbocycles. The van der Waals surface area contributed by atoms with Gasteiger partial charge in [0.05, 0.1) is 24.9 Å². The molecular formula is C27H27N5O3S. The van der Waals surface area contributed by atoms with Crippen molar-refractivity contribution in [3.05, 3.63) is 53.1 Å². The van der Waals surface area contributed by atoms with Gasteiger partial charge in [-0.3, -0.25) is 9.79 Å². The highest BCUT2D eigenvalue weighted by Crippen LogP contribution is 2.37. The molecule has 1 saturated heterocycles. The van der Waals surface area contributed by atoms with Crippen molar-refractivity contribution in [2.45, 2.75) is 32.8 Å². The molecule has 0 saturated carbocycles. The van der Waals surface area contributed by atoms with Crippen molar-refractivity contribution in [3.8, 4) is 33.0 Å². The number of aromatic nitrogens is 2. The van der Waals surface area contributed by atoms with Crippen molar-refractivity contribution >= 4 is 23.0 Å². The number of carbonyl (C=O) groups excluding carboxylic acids is 1. The number of carbonyl (C=O) groups is 1. The van der Waals surface area contributed by atoms with Gasteiger partial charge in [-0.15, -0.1) is 10.2 Å². The molecule has 0 unspecified atom stereocenters. The molecule has 36 heavy (non-hydrogen) atoms. The Balaban J connectivity index is 1.37. The summed E-state index contributed by atoms with van der Waals surface area (Å²) in [5.41, 5.74) is 5.60. The third-order valence-corrected chi connectivity index (χ3v) is 7.24. The Kier molecular flexibility index (Phi) is 7.07. The standard InChI is InChI=1S/C27H27N5O3S/c1-17(2)35-24-9-6-18(14-19(24)15-28)26-30-31-27(36-26)22-5-3-4-21-20(22)7-8-23(21)29-16-25(33)32-10-12-34-13-11-32/h3-6,9,14,17H,7-8,10-13,16H2,1-2H3. The topological polar surface area (TPSA) is 101 Å². The number of hydrogen-bond acceptors (Lipinski definition) is 8. The van der Waals surface area contributed by atoms with Gasteiger partial charge in [0, 0.05) is 29.9 Å². The molecule has 0 bridgehead atoms. The summed E-state index contributed by atoms with van der Waals surface area (Å²) in [7, 11) is 0. The largest absolute Gasteiger partial charge is 0.490 e. The summed E-state index contributed by atoms with van der Waals surface area (Å²) in [4.78, 5) is 19.0. The molecule has 0 atom stereocenters. The summed E-state index contributed by atoms with van der Waals surface area (Å²) in [5.74, 6) is 0.617. The van der Waals surface area contributed by atoms with Gasteiger partial charge < -0.3 is 14.4 Å². The van der Waals surface area contributed by atoms with E-state index in [0.29, 0.717) is 37.6 Å². The van der Waals surface area contributed by atoms with Crippen LogP contribution in [0.1, 0.15) is 37.0 Å². The van der Waals surface area contributed by atoms with E-state index in [0.717, 1.165) is 45.3 Å². The van der Waals surface area contributed by atoms with Crippen molar-refractivity contribution in [2.24, 2.45) is 4.99 Å². The Labute approximate surface area is 214 Å². The summed E-state index contributed by atoms with van der Waals surface area (Å²) in [6, 6.07) is 13.9. The lowest BCUT2D eigenvalue weighted by atomic mass is 10.0. The maximum absolute atomic E-state index is 12.5. The number of benzene rings is 2. The molecule has 1 amide bonds. The number of ether oxygens (including phenoxy) is 2. The van der Waals surface area contributed by atoms with Gasteiger partial charge in [-0.2, -0.15) is 5.26 Å². The average Bonchev–Trinajstić information content (AvgIpc) is 3.55. The van der Waals surface area contributed by atoms with Crippen LogP contribution in [0.5, 0.6) is 5.75 Å². The Bertz CT molecular complexity index is 1350. The fourth-order valence-electron chi connectivity index (χ4n) is 4.50. The third kappa shape index (κ3) is 5.01. The molecule has 184 valence electrons. The second kappa shape index (κ2) is 10.6. The first kappa shape index (κ1) is 24.1. The third-order valence-electron chi connectivity index (χ3n) is 6.23. The van der Waals surface area contributed by atoms with E-state index in [-0.39, 0.29) is 18.6 Å². The van der Waals surface area contributed by atoms with Crippen LogP contribution in [-0.4, -0.2) is 65.7 Å². The number of fused-ring (bicyclic) bond motifs is 1. The SMILES string of the molecule is CC(C)Oc1ccc(-c2nnc(-c3cccc4c3CCC4=NCC(=O)N3CCOCC3)s2)cc1C#N. The van der Waals surface area contributed by atoms with Gasteiger partial charge in [0.25, 0.3) is 0 Å². The van der Waals surface area contributed by atoms with Crippen molar-refractivity contribution in [2.75, 3.05) is 32.8 Å². The monoisotopic (exact) mass is 501 g/mol. The quantitative estimate of drug-likeness (QED) is 0.504. The molecule has 8 nitrogen and oxygen atoms in total. The van der Waals surface area contributed by atoms with E-state index in [4.69, 9.17) is 9.47 Å². The zero-order valence-corrected chi connectivity index (χ0v) is 21.2. The number of nitriles is 1. The smallest absolute Gasteiger partial charge is 0.244 e. The van der Waals surface area contributed by atoms with Crippen LogP contribution in [-0.2, 0) is 16.0 Å². The fraction of sp³-hybridized carbons (Fsp3) is 0.370. The molecule has 1 aromatic heterocycles. The van der Waals surface area contributed by atoms with Gasteiger partial charge in [-0.05, 0) is 56.0 Å². The minimum atomic E-state index is -0.0119. The van der Waals surface area contributed by atoms with Crippen LogP contribution in [0.15, 0.2) is 41.4 Å². The van der Waals surface area contributed by atoms with Crippen molar-refractivity contribution in [3.63, 3.8) is 0 Å². The van der Waals surface area contributed by atoms with Crippen LogP contribution in [0.25, 0.3) is 21.1 Å². The Morgan fingerprint density at radius 2 is 1.94 bits per heavy atom. The number of rotatable bonds is 6. The van der Waals surface area contributed by atoms with Crippen LogP contribution in [0.4, 0.5) is 0 Å². The van der Waals surface area contributed by atoms with Gasteiger partial charge in [-0.1, -0.05) is 29.5 Å². The highest BCUT2D eigenvalue weighted by molar-refractivity contribution is 7.17. The second-order valence-corrected chi connectivity index (χ2v) is 9.97.